The Kier molecular flexibility index (Phi) is 4.85. The predicted molar refractivity (Wildman–Crippen MR) is 88.3 cm³/mol. The molecule has 1 aliphatic rings. The molecule has 3 rings (SSSR count). The highest BCUT2D eigenvalue weighted by atomic mass is 32.1. The molecule has 1 aromatic heterocycles. The molecule has 1 aromatic carbocycles. The summed E-state index contributed by atoms with van der Waals surface area (Å²) in [5.41, 5.74) is 0.973. The van der Waals surface area contributed by atoms with Gasteiger partial charge in [0.25, 0.3) is 0 Å². The Bertz CT molecular complexity index is 752. The molecule has 0 atom stereocenters. The average Bonchev–Trinajstić information content (AvgIpc) is 3.10. The molecule has 2 aromatic rings. The van der Waals surface area contributed by atoms with Crippen LogP contribution in [0, 0.1) is 0 Å². The van der Waals surface area contributed by atoms with Crippen LogP contribution in [0.3, 0.4) is 0 Å². The van der Waals surface area contributed by atoms with Crippen LogP contribution in [-0.4, -0.2) is 52.3 Å². The van der Waals surface area contributed by atoms with E-state index in [2.05, 4.69) is 14.3 Å². The summed E-state index contributed by atoms with van der Waals surface area (Å²) in [7, 11) is 0. The first-order valence-electron chi connectivity index (χ1n) is 7.45. The fourth-order valence-electron chi connectivity index (χ4n) is 2.41. The second-order valence-electron chi connectivity index (χ2n) is 5.23. The first-order valence-corrected chi connectivity index (χ1v) is 8.23. The van der Waals surface area contributed by atoms with Crippen molar-refractivity contribution in [2.24, 2.45) is 0 Å². The smallest absolute Gasteiger partial charge is 0.246 e. The lowest BCUT2D eigenvalue weighted by Crippen LogP contribution is -2.48. The Balaban J connectivity index is 1.60. The van der Waals surface area contributed by atoms with E-state index in [1.807, 2.05) is 30.3 Å². The summed E-state index contributed by atoms with van der Waals surface area (Å²) in [5.74, 6) is -0.989. The molecule has 8 heteroatoms. The Morgan fingerprint density at radius 3 is 2.46 bits per heavy atom. The normalized spacial score (nSPS) is 15.0. The van der Waals surface area contributed by atoms with Crippen molar-refractivity contribution in [3.63, 3.8) is 0 Å². The van der Waals surface area contributed by atoms with Gasteiger partial charge in [0, 0.05) is 49.4 Å². The highest BCUT2D eigenvalue weighted by Crippen LogP contribution is 2.24. The number of benzene rings is 1. The van der Waals surface area contributed by atoms with E-state index in [0.29, 0.717) is 32.0 Å². The number of rotatable bonds is 4. The van der Waals surface area contributed by atoms with Crippen molar-refractivity contribution in [2.45, 2.75) is 0 Å². The van der Waals surface area contributed by atoms with Gasteiger partial charge in [0.1, 0.15) is 0 Å². The lowest BCUT2D eigenvalue weighted by Gasteiger charge is -2.33. The average molecular weight is 343 g/mol. The van der Waals surface area contributed by atoms with Crippen LogP contribution in [0.4, 0.5) is 5.13 Å². The summed E-state index contributed by atoms with van der Waals surface area (Å²) in [6.07, 6.45) is 1.79. The maximum absolute atomic E-state index is 11.8. The Labute approximate surface area is 143 Å². The zero-order valence-corrected chi connectivity index (χ0v) is 13.6. The van der Waals surface area contributed by atoms with Gasteiger partial charge in [-0.05, 0) is 6.08 Å². The molecule has 24 heavy (non-hydrogen) atoms. The van der Waals surface area contributed by atoms with Crippen LogP contribution in [0.1, 0.15) is 0 Å². The molecule has 1 aliphatic heterocycles. The number of carbonyl (C=O) groups is 2. The van der Waals surface area contributed by atoms with E-state index in [0.717, 1.165) is 22.8 Å². The molecule has 0 unspecified atom stereocenters. The molecule has 0 radical (unpaired) electrons. The van der Waals surface area contributed by atoms with Crippen molar-refractivity contribution in [3.8, 4) is 11.4 Å². The van der Waals surface area contributed by atoms with Crippen LogP contribution in [0.2, 0.25) is 0 Å². The number of hydrogen-bond acceptors (Lipinski definition) is 7. The number of amides is 1. The van der Waals surface area contributed by atoms with Crippen LogP contribution < -0.4 is 10.0 Å². The molecule has 2 heterocycles. The molecule has 0 bridgehead atoms. The van der Waals surface area contributed by atoms with E-state index in [9.17, 15) is 14.7 Å². The van der Waals surface area contributed by atoms with Crippen LogP contribution >= 0.6 is 11.5 Å². The number of carbonyl (C=O) groups excluding carboxylic acids is 2. The van der Waals surface area contributed by atoms with Gasteiger partial charge in [0.05, 0.1) is 5.97 Å². The fourth-order valence-corrected chi connectivity index (χ4v) is 3.15. The van der Waals surface area contributed by atoms with Crippen LogP contribution in [0.15, 0.2) is 42.5 Å². The molecule has 0 saturated carbocycles. The molecular weight excluding hydrogens is 328 g/mol. The molecule has 0 N–H and O–H groups in total. The molecule has 0 spiro atoms. The van der Waals surface area contributed by atoms with Crippen molar-refractivity contribution < 1.29 is 14.7 Å². The van der Waals surface area contributed by atoms with E-state index in [4.69, 9.17) is 0 Å². The summed E-state index contributed by atoms with van der Waals surface area (Å²) in [4.78, 5) is 30.4. The van der Waals surface area contributed by atoms with Crippen molar-refractivity contribution >= 4 is 28.5 Å². The molecule has 124 valence electrons. The van der Waals surface area contributed by atoms with Crippen molar-refractivity contribution in [2.75, 3.05) is 31.1 Å². The third kappa shape index (κ3) is 3.77. The third-order valence-electron chi connectivity index (χ3n) is 3.67. The van der Waals surface area contributed by atoms with Crippen LogP contribution in [-0.2, 0) is 9.59 Å². The predicted octanol–water partition coefficient (Wildman–Crippen LogP) is 0.160. The van der Waals surface area contributed by atoms with E-state index in [1.54, 1.807) is 4.90 Å². The number of nitrogens with zero attached hydrogens (tertiary/aromatic N) is 4. The van der Waals surface area contributed by atoms with Crippen molar-refractivity contribution in [1.29, 1.82) is 0 Å². The third-order valence-corrected chi connectivity index (χ3v) is 4.45. The summed E-state index contributed by atoms with van der Waals surface area (Å²) in [6.45, 7) is 2.29. The number of carboxylic acid groups (broad SMARTS) is 1. The van der Waals surface area contributed by atoms with E-state index >= 15 is 0 Å². The van der Waals surface area contributed by atoms with Gasteiger partial charge in [-0.25, -0.2) is 0 Å². The molecule has 7 nitrogen and oxygen atoms in total. The fraction of sp³-hybridized carbons (Fsp3) is 0.250. The van der Waals surface area contributed by atoms with Gasteiger partial charge in [-0.2, -0.15) is 9.36 Å². The zero-order valence-electron chi connectivity index (χ0n) is 12.8. The summed E-state index contributed by atoms with van der Waals surface area (Å²) < 4.78 is 4.39. The number of piperazine rings is 1. The van der Waals surface area contributed by atoms with Crippen molar-refractivity contribution in [1.82, 2.24) is 14.3 Å². The van der Waals surface area contributed by atoms with E-state index in [1.165, 1.54) is 11.5 Å². The minimum absolute atomic E-state index is 0.318. The first-order chi connectivity index (χ1) is 11.6. The summed E-state index contributed by atoms with van der Waals surface area (Å²) >= 11 is 1.34. The lowest BCUT2D eigenvalue weighted by molar-refractivity contribution is -0.297. The lowest BCUT2D eigenvalue weighted by atomic mass is 10.2. The van der Waals surface area contributed by atoms with E-state index < -0.39 is 5.97 Å². The Morgan fingerprint density at radius 2 is 1.79 bits per heavy atom. The van der Waals surface area contributed by atoms with Crippen LogP contribution in [0.5, 0.6) is 0 Å². The number of hydrogen-bond donors (Lipinski definition) is 0. The van der Waals surface area contributed by atoms with Gasteiger partial charge in [-0.3, -0.25) is 4.79 Å². The maximum Gasteiger partial charge on any atom is 0.246 e. The highest BCUT2D eigenvalue weighted by Gasteiger charge is 2.22. The summed E-state index contributed by atoms with van der Waals surface area (Å²) in [6, 6.07) is 9.77. The number of anilines is 1. The molecule has 1 saturated heterocycles. The maximum atomic E-state index is 11.8. The van der Waals surface area contributed by atoms with Gasteiger partial charge >= 0.3 is 0 Å². The topological polar surface area (TPSA) is 89.5 Å². The monoisotopic (exact) mass is 343 g/mol. The highest BCUT2D eigenvalue weighted by molar-refractivity contribution is 7.09. The molecular formula is C16H15N4O3S-. The Hall–Kier alpha value is -2.74. The van der Waals surface area contributed by atoms with Gasteiger partial charge < -0.3 is 19.7 Å². The Morgan fingerprint density at radius 1 is 1.08 bits per heavy atom. The first kappa shape index (κ1) is 16.1. The SMILES string of the molecule is O=C([O-])/C=C/C(=O)N1CCN(c2nc(-c3ccccc3)ns2)CC1. The van der Waals surface area contributed by atoms with Gasteiger partial charge in [0.2, 0.25) is 11.0 Å². The zero-order chi connectivity index (χ0) is 16.9. The van der Waals surface area contributed by atoms with E-state index in [-0.39, 0.29) is 5.91 Å². The number of aliphatic carboxylic acids is 1. The second-order valence-corrected chi connectivity index (χ2v) is 5.96. The number of aromatic nitrogens is 2. The van der Waals surface area contributed by atoms with Crippen molar-refractivity contribution in [3.05, 3.63) is 42.5 Å². The van der Waals surface area contributed by atoms with Gasteiger partial charge in [-0.1, -0.05) is 30.3 Å². The standard InChI is InChI=1S/C16H16N4O3S/c21-13(6-7-14(22)23)19-8-10-20(11-9-19)16-17-15(18-24-16)12-4-2-1-3-5-12/h1-7H,8-11H2,(H,22,23)/p-1/b7-6+. The minimum atomic E-state index is -1.37. The second kappa shape index (κ2) is 7.22. The largest absolute Gasteiger partial charge is 0.545 e. The quantitative estimate of drug-likeness (QED) is 0.735. The molecule has 1 fully saturated rings. The molecule has 1 amide bonds. The molecule has 0 aliphatic carbocycles. The van der Waals surface area contributed by atoms with Crippen LogP contribution in [0.25, 0.3) is 11.4 Å². The van der Waals surface area contributed by atoms with Gasteiger partial charge in [-0.15, -0.1) is 0 Å². The van der Waals surface area contributed by atoms with Gasteiger partial charge in [0.15, 0.2) is 5.82 Å². The number of carboxylic acids is 1. The minimum Gasteiger partial charge on any atom is -0.545 e. The summed E-state index contributed by atoms with van der Waals surface area (Å²) in [5, 5.41) is 11.2.